The van der Waals surface area contributed by atoms with Gasteiger partial charge in [-0.1, -0.05) is 12.1 Å². The van der Waals surface area contributed by atoms with E-state index in [4.69, 9.17) is 11.5 Å². The van der Waals surface area contributed by atoms with E-state index in [0.717, 1.165) is 42.2 Å². The molecule has 1 aromatic carbocycles. The van der Waals surface area contributed by atoms with Gasteiger partial charge < -0.3 is 16.0 Å². The summed E-state index contributed by atoms with van der Waals surface area (Å²) in [6.45, 7) is 0.979. The predicted octanol–water partition coefficient (Wildman–Crippen LogP) is 1.93. The molecule has 1 aliphatic rings. The SMILES string of the molecule is Nc1ccccc1-c1ncc2n1CCCC2N. The van der Waals surface area contributed by atoms with Gasteiger partial charge in [-0.05, 0) is 25.0 Å². The van der Waals surface area contributed by atoms with Crippen LogP contribution in [0, 0.1) is 0 Å². The Labute approximate surface area is 100 Å². The highest BCUT2D eigenvalue weighted by Gasteiger charge is 2.21. The molecule has 1 unspecified atom stereocenters. The summed E-state index contributed by atoms with van der Waals surface area (Å²) in [6.07, 6.45) is 4.02. The Bertz CT molecular complexity index is 544. The first-order valence-corrected chi connectivity index (χ1v) is 5.93. The van der Waals surface area contributed by atoms with Crippen LogP contribution in [0.2, 0.25) is 0 Å². The van der Waals surface area contributed by atoms with Crippen LogP contribution in [0.1, 0.15) is 24.6 Å². The van der Waals surface area contributed by atoms with Crippen molar-refractivity contribution in [2.75, 3.05) is 5.73 Å². The largest absolute Gasteiger partial charge is 0.398 e. The fourth-order valence-corrected chi connectivity index (χ4v) is 2.45. The molecule has 4 nitrogen and oxygen atoms in total. The molecule has 0 bridgehead atoms. The van der Waals surface area contributed by atoms with Crippen LogP contribution in [0.4, 0.5) is 5.69 Å². The Balaban J connectivity index is 2.14. The summed E-state index contributed by atoms with van der Waals surface area (Å²) in [6, 6.07) is 7.93. The lowest BCUT2D eigenvalue weighted by atomic mass is 10.1. The number of fused-ring (bicyclic) bond motifs is 1. The fourth-order valence-electron chi connectivity index (χ4n) is 2.45. The van der Waals surface area contributed by atoms with Gasteiger partial charge in [-0.25, -0.2) is 4.98 Å². The number of nitrogens with two attached hydrogens (primary N) is 2. The summed E-state index contributed by atoms with van der Waals surface area (Å²) in [5, 5.41) is 0. The van der Waals surface area contributed by atoms with Crippen molar-refractivity contribution in [2.24, 2.45) is 5.73 Å². The molecule has 0 saturated heterocycles. The minimum Gasteiger partial charge on any atom is -0.398 e. The molecule has 2 heterocycles. The molecule has 1 aromatic heterocycles. The summed E-state index contributed by atoms with van der Waals surface area (Å²) in [7, 11) is 0. The number of anilines is 1. The molecule has 0 spiro atoms. The van der Waals surface area contributed by atoms with Gasteiger partial charge in [0.15, 0.2) is 0 Å². The molecule has 4 N–H and O–H groups in total. The zero-order valence-electron chi connectivity index (χ0n) is 9.63. The molecular weight excluding hydrogens is 212 g/mol. The quantitative estimate of drug-likeness (QED) is 0.733. The van der Waals surface area contributed by atoms with E-state index in [1.165, 1.54) is 0 Å². The first-order chi connectivity index (χ1) is 8.27. The van der Waals surface area contributed by atoms with Crippen LogP contribution in [0.5, 0.6) is 0 Å². The molecule has 1 aliphatic heterocycles. The first-order valence-electron chi connectivity index (χ1n) is 5.93. The lowest BCUT2D eigenvalue weighted by Crippen LogP contribution is -2.21. The highest BCUT2D eigenvalue weighted by atomic mass is 15.1. The lowest BCUT2D eigenvalue weighted by molar-refractivity contribution is 0.466. The Morgan fingerprint density at radius 3 is 2.94 bits per heavy atom. The second-order valence-electron chi connectivity index (χ2n) is 4.49. The van der Waals surface area contributed by atoms with Crippen LogP contribution in [0.3, 0.4) is 0 Å². The Kier molecular flexibility index (Phi) is 2.37. The van der Waals surface area contributed by atoms with Crippen molar-refractivity contribution in [3.05, 3.63) is 36.2 Å². The minimum absolute atomic E-state index is 0.106. The van der Waals surface area contributed by atoms with Gasteiger partial charge in [0, 0.05) is 23.8 Å². The smallest absolute Gasteiger partial charge is 0.142 e. The molecule has 0 aliphatic carbocycles. The maximum absolute atomic E-state index is 6.08. The van der Waals surface area contributed by atoms with Crippen molar-refractivity contribution >= 4 is 5.69 Å². The number of hydrogen-bond acceptors (Lipinski definition) is 3. The van der Waals surface area contributed by atoms with E-state index in [0.29, 0.717) is 0 Å². The van der Waals surface area contributed by atoms with E-state index >= 15 is 0 Å². The summed E-state index contributed by atoms with van der Waals surface area (Å²) in [5.74, 6) is 0.938. The standard InChI is InChI=1S/C13H16N4/c14-10-5-2-1-4-9(10)13-16-8-12-11(15)6-3-7-17(12)13/h1-2,4-5,8,11H,3,6-7,14-15H2. The number of hydrogen-bond donors (Lipinski definition) is 2. The van der Waals surface area contributed by atoms with Crippen LogP contribution < -0.4 is 11.5 Å². The van der Waals surface area contributed by atoms with E-state index in [-0.39, 0.29) is 6.04 Å². The number of nitrogens with zero attached hydrogens (tertiary/aromatic N) is 2. The number of benzene rings is 1. The summed E-state index contributed by atoms with van der Waals surface area (Å²) in [5.41, 5.74) is 15.0. The van der Waals surface area contributed by atoms with Gasteiger partial charge in [-0.15, -0.1) is 0 Å². The zero-order chi connectivity index (χ0) is 11.8. The highest BCUT2D eigenvalue weighted by molar-refractivity contribution is 5.71. The van der Waals surface area contributed by atoms with Crippen molar-refractivity contribution in [1.29, 1.82) is 0 Å². The van der Waals surface area contributed by atoms with Gasteiger partial charge in [0.1, 0.15) is 5.82 Å². The highest BCUT2D eigenvalue weighted by Crippen LogP contribution is 2.31. The van der Waals surface area contributed by atoms with Crippen LogP contribution in [0.15, 0.2) is 30.5 Å². The number of imidazole rings is 1. The molecule has 17 heavy (non-hydrogen) atoms. The maximum atomic E-state index is 6.08. The third kappa shape index (κ3) is 1.61. The molecular formula is C13H16N4. The second kappa shape index (κ2) is 3.89. The van der Waals surface area contributed by atoms with Crippen LogP contribution in [0.25, 0.3) is 11.4 Å². The average molecular weight is 228 g/mol. The fraction of sp³-hybridized carbons (Fsp3) is 0.308. The van der Waals surface area contributed by atoms with Crippen LogP contribution in [-0.2, 0) is 6.54 Å². The Morgan fingerprint density at radius 2 is 2.12 bits per heavy atom. The van der Waals surface area contributed by atoms with Crippen LogP contribution in [-0.4, -0.2) is 9.55 Å². The maximum Gasteiger partial charge on any atom is 0.142 e. The predicted molar refractivity (Wildman–Crippen MR) is 68.2 cm³/mol. The molecule has 0 saturated carbocycles. The van der Waals surface area contributed by atoms with E-state index in [9.17, 15) is 0 Å². The van der Waals surface area contributed by atoms with Crippen molar-refractivity contribution in [3.63, 3.8) is 0 Å². The van der Waals surface area contributed by atoms with Gasteiger partial charge in [0.25, 0.3) is 0 Å². The third-order valence-electron chi connectivity index (χ3n) is 3.36. The summed E-state index contributed by atoms with van der Waals surface area (Å²) < 4.78 is 2.19. The van der Waals surface area contributed by atoms with E-state index < -0.39 is 0 Å². The number of para-hydroxylation sites is 1. The first kappa shape index (κ1) is 10.4. The van der Waals surface area contributed by atoms with Gasteiger partial charge in [-0.3, -0.25) is 0 Å². The topological polar surface area (TPSA) is 69.9 Å². The average Bonchev–Trinajstić information content (AvgIpc) is 2.75. The molecule has 1 atom stereocenters. The van der Waals surface area contributed by atoms with Crippen molar-refractivity contribution in [1.82, 2.24) is 9.55 Å². The second-order valence-corrected chi connectivity index (χ2v) is 4.49. The zero-order valence-corrected chi connectivity index (χ0v) is 9.63. The molecule has 4 heteroatoms. The number of nitrogen functional groups attached to an aromatic ring is 1. The van der Waals surface area contributed by atoms with E-state index in [1.54, 1.807) is 0 Å². The minimum atomic E-state index is 0.106. The molecule has 88 valence electrons. The molecule has 0 amide bonds. The number of aromatic nitrogens is 2. The van der Waals surface area contributed by atoms with Gasteiger partial charge in [0.05, 0.1) is 11.9 Å². The monoisotopic (exact) mass is 228 g/mol. The van der Waals surface area contributed by atoms with Crippen LogP contribution >= 0.6 is 0 Å². The van der Waals surface area contributed by atoms with Gasteiger partial charge in [-0.2, -0.15) is 0 Å². The van der Waals surface area contributed by atoms with E-state index in [2.05, 4.69) is 9.55 Å². The van der Waals surface area contributed by atoms with Gasteiger partial charge >= 0.3 is 0 Å². The molecule has 3 rings (SSSR count). The Morgan fingerprint density at radius 1 is 1.29 bits per heavy atom. The van der Waals surface area contributed by atoms with E-state index in [1.807, 2.05) is 30.5 Å². The molecule has 0 fully saturated rings. The Hall–Kier alpha value is -1.81. The van der Waals surface area contributed by atoms with Crippen molar-refractivity contribution < 1.29 is 0 Å². The number of rotatable bonds is 1. The van der Waals surface area contributed by atoms with Crippen molar-refractivity contribution in [3.8, 4) is 11.4 Å². The lowest BCUT2D eigenvalue weighted by Gasteiger charge is -2.22. The molecule has 0 radical (unpaired) electrons. The van der Waals surface area contributed by atoms with Gasteiger partial charge in [0.2, 0.25) is 0 Å². The third-order valence-corrected chi connectivity index (χ3v) is 3.36. The summed E-state index contributed by atoms with van der Waals surface area (Å²) in [4.78, 5) is 4.48. The summed E-state index contributed by atoms with van der Waals surface area (Å²) >= 11 is 0. The van der Waals surface area contributed by atoms with Crippen molar-refractivity contribution in [2.45, 2.75) is 25.4 Å². The normalized spacial score (nSPS) is 19.0. The molecule has 2 aromatic rings.